The van der Waals surface area contributed by atoms with Crippen molar-refractivity contribution in [2.45, 2.75) is 51.4 Å². The van der Waals surface area contributed by atoms with Gasteiger partial charge in [0.15, 0.2) is 29.9 Å². The van der Waals surface area contributed by atoms with Gasteiger partial charge >= 0.3 is 12.1 Å². The Morgan fingerprint density at radius 3 is 2.08 bits per heavy atom. The minimum atomic E-state index is -0.959. The average Bonchev–Trinajstić information content (AvgIpc) is 3.31. The highest BCUT2D eigenvalue weighted by atomic mass is 19.1. The van der Waals surface area contributed by atoms with Crippen molar-refractivity contribution in [2.24, 2.45) is 0 Å². The molecule has 1 aliphatic heterocycles. The predicted octanol–water partition coefficient (Wildman–Crippen LogP) is 5.42. The molecule has 51 heavy (non-hydrogen) atoms. The zero-order valence-electron chi connectivity index (χ0n) is 29.7. The maximum atomic E-state index is 15.4. The summed E-state index contributed by atoms with van der Waals surface area (Å²) < 4.78 is 52.7. The van der Waals surface area contributed by atoms with Crippen molar-refractivity contribution < 1.29 is 56.7 Å². The van der Waals surface area contributed by atoms with Crippen LogP contribution in [0.5, 0.6) is 23.0 Å². The van der Waals surface area contributed by atoms with Crippen LogP contribution in [0.15, 0.2) is 54.6 Å². The number of carbonyl (C=O) groups excluding carboxylic acids is 4. The van der Waals surface area contributed by atoms with Crippen LogP contribution in [0, 0.1) is 5.82 Å². The molecule has 0 bridgehead atoms. The molecule has 1 heterocycles. The van der Waals surface area contributed by atoms with E-state index in [1.807, 2.05) is 0 Å². The van der Waals surface area contributed by atoms with Gasteiger partial charge < -0.3 is 43.4 Å². The van der Waals surface area contributed by atoms with Gasteiger partial charge in [-0.1, -0.05) is 12.1 Å². The third-order valence-electron chi connectivity index (χ3n) is 7.87. The first-order chi connectivity index (χ1) is 24.3. The van der Waals surface area contributed by atoms with Crippen molar-refractivity contribution in [1.29, 1.82) is 0 Å². The maximum absolute atomic E-state index is 15.4. The monoisotopic (exact) mass is 710 g/mol. The number of hydrogen-bond donors (Lipinski definition) is 1. The number of hydrogen-bond acceptors (Lipinski definition) is 11. The summed E-state index contributed by atoms with van der Waals surface area (Å²) in [6, 6.07) is 12.4. The number of methoxy groups -OCH3 is 4. The lowest BCUT2D eigenvalue weighted by Gasteiger charge is -2.30. The van der Waals surface area contributed by atoms with Gasteiger partial charge in [-0.25, -0.2) is 14.0 Å². The lowest BCUT2D eigenvalue weighted by Crippen LogP contribution is -2.51. The molecule has 14 heteroatoms. The van der Waals surface area contributed by atoms with Crippen LogP contribution in [0.25, 0.3) is 0 Å². The molecule has 1 saturated heterocycles. The number of esters is 1. The Kier molecular flexibility index (Phi) is 12.8. The third kappa shape index (κ3) is 9.66. The Hall–Kier alpha value is -5.37. The van der Waals surface area contributed by atoms with E-state index in [9.17, 15) is 19.2 Å². The number of ether oxygens (including phenoxy) is 7. The molecular weight excluding hydrogens is 667 g/mol. The molecule has 13 nitrogen and oxygen atoms in total. The predicted molar refractivity (Wildman–Crippen MR) is 182 cm³/mol. The van der Waals surface area contributed by atoms with Crippen molar-refractivity contribution in [3.63, 3.8) is 0 Å². The Bertz CT molecular complexity index is 1710. The Balaban J connectivity index is 1.55. The van der Waals surface area contributed by atoms with E-state index in [0.29, 0.717) is 30.7 Å². The first-order valence-electron chi connectivity index (χ1n) is 16.1. The SMILES string of the molecule is COCOc1ccc(C(=O)N[C@@H]2CN(C(=O)OC(C)(C)C)CCC[C@H]2OC(=O)c2ccc(C(=O)c3c(OC)cc(OC)c(OC)c3F)cc2)cc1. The van der Waals surface area contributed by atoms with E-state index in [-0.39, 0.29) is 47.3 Å². The van der Waals surface area contributed by atoms with E-state index in [4.69, 9.17) is 33.2 Å². The van der Waals surface area contributed by atoms with E-state index in [1.54, 1.807) is 45.0 Å². The zero-order chi connectivity index (χ0) is 37.3. The van der Waals surface area contributed by atoms with Crippen molar-refractivity contribution in [1.82, 2.24) is 10.2 Å². The molecule has 0 saturated carbocycles. The number of rotatable bonds is 12. The van der Waals surface area contributed by atoms with Crippen LogP contribution in [0.4, 0.5) is 9.18 Å². The molecule has 0 aliphatic carbocycles. The largest absolute Gasteiger partial charge is 0.496 e. The van der Waals surface area contributed by atoms with Gasteiger partial charge in [0.05, 0.1) is 32.9 Å². The topological polar surface area (TPSA) is 148 Å². The molecule has 2 amide bonds. The quantitative estimate of drug-likeness (QED) is 0.146. The number of carbonyl (C=O) groups is 4. The van der Waals surface area contributed by atoms with Gasteiger partial charge in [0.1, 0.15) is 28.8 Å². The molecular formula is C37H43FN2O11. The highest BCUT2D eigenvalue weighted by Crippen LogP contribution is 2.39. The standard InChI is InChI=1S/C37H43FN2O11/c1-37(2,3)51-36(44)40-18-8-9-27(26(20-40)39-34(42)23-14-16-25(17-15-23)49-21-45-4)50-35(43)24-12-10-22(11-13-24)32(41)30-28(46-5)19-29(47-6)33(48-7)31(30)38/h10-17,19,26-27H,8-9,18,20-21H2,1-7H3,(H,39,42)/t26-,27-/m1/s1. The molecule has 3 aromatic rings. The number of halogens is 1. The number of nitrogens with one attached hydrogen (secondary N) is 1. The summed E-state index contributed by atoms with van der Waals surface area (Å²) >= 11 is 0. The molecule has 0 spiro atoms. The Labute approximate surface area is 295 Å². The van der Waals surface area contributed by atoms with Crippen molar-refractivity contribution in [2.75, 3.05) is 48.3 Å². The van der Waals surface area contributed by atoms with E-state index in [1.165, 1.54) is 63.7 Å². The highest BCUT2D eigenvalue weighted by molar-refractivity contribution is 6.11. The first kappa shape index (κ1) is 38.4. The summed E-state index contributed by atoms with van der Waals surface area (Å²) in [5, 5.41) is 2.93. The number of ketones is 1. The maximum Gasteiger partial charge on any atom is 0.410 e. The van der Waals surface area contributed by atoms with Gasteiger partial charge in [-0.3, -0.25) is 9.59 Å². The van der Waals surface area contributed by atoms with E-state index in [0.717, 1.165) is 0 Å². The number of likely N-dealkylation sites (tertiary alicyclic amines) is 1. The van der Waals surface area contributed by atoms with Crippen LogP contribution in [0.1, 0.15) is 70.3 Å². The minimum absolute atomic E-state index is 0.0137. The van der Waals surface area contributed by atoms with Gasteiger partial charge in [0.2, 0.25) is 0 Å². The zero-order valence-corrected chi connectivity index (χ0v) is 29.7. The smallest absolute Gasteiger partial charge is 0.410 e. The summed E-state index contributed by atoms with van der Waals surface area (Å²) in [5.41, 5.74) is -0.613. The lowest BCUT2D eigenvalue weighted by molar-refractivity contribution is 0.0127. The number of benzene rings is 3. The van der Waals surface area contributed by atoms with Gasteiger partial charge in [-0.15, -0.1) is 0 Å². The minimum Gasteiger partial charge on any atom is -0.496 e. The second kappa shape index (κ2) is 17.0. The first-order valence-corrected chi connectivity index (χ1v) is 16.1. The van der Waals surface area contributed by atoms with E-state index < -0.39 is 47.3 Å². The van der Waals surface area contributed by atoms with Crippen molar-refractivity contribution in [3.05, 3.63) is 82.7 Å². The summed E-state index contributed by atoms with van der Waals surface area (Å²) in [4.78, 5) is 54.8. The van der Waals surface area contributed by atoms with Crippen molar-refractivity contribution in [3.8, 4) is 23.0 Å². The Morgan fingerprint density at radius 1 is 0.863 bits per heavy atom. The summed E-state index contributed by atoms with van der Waals surface area (Å²) in [6.07, 6.45) is -0.600. The van der Waals surface area contributed by atoms with Crippen LogP contribution in [0.2, 0.25) is 0 Å². The normalized spacial score (nSPS) is 16.0. The van der Waals surface area contributed by atoms with Crippen LogP contribution >= 0.6 is 0 Å². The number of amides is 2. The van der Waals surface area contributed by atoms with Crippen LogP contribution < -0.4 is 24.3 Å². The molecule has 4 rings (SSSR count). The van der Waals surface area contributed by atoms with Crippen LogP contribution in [-0.2, 0) is 14.2 Å². The van der Waals surface area contributed by atoms with E-state index in [2.05, 4.69) is 5.32 Å². The lowest BCUT2D eigenvalue weighted by atomic mass is 9.99. The van der Waals surface area contributed by atoms with E-state index >= 15 is 4.39 Å². The average molecular weight is 711 g/mol. The Morgan fingerprint density at radius 2 is 1.49 bits per heavy atom. The molecule has 1 aliphatic rings. The van der Waals surface area contributed by atoms with Crippen molar-refractivity contribution >= 4 is 23.8 Å². The van der Waals surface area contributed by atoms with Gasteiger partial charge in [0, 0.05) is 37.4 Å². The molecule has 0 unspecified atom stereocenters. The molecule has 1 fully saturated rings. The summed E-state index contributed by atoms with van der Waals surface area (Å²) in [7, 11) is 5.37. The fraction of sp³-hybridized carbons (Fsp3) is 0.405. The second-order valence-electron chi connectivity index (χ2n) is 12.6. The number of nitrogens with zero attached hydrogens (tertiary/aromatic N) is 1. The van der Waals surface area contributed by atoms with Gasteiger partial charge in [-0.2, -0.15) is 0 Å². The third-order valence-corrected chi connectivity index (χ3v) is 7.87. The molecule has 274 valence electrons. The summed E-state index contributed by atoms with van der Waals surface area (Å²) in [5.74, 6) is -2.61. The molecule has 3 aromatic carbocycles. The molecule has 2 atom stereocenters. The van der Waals surface area contributed by atoms with Crippen LogP contribution in [0.3, 0.4) is 0 Å². The molecule has 1 N–H and O–H groups in total. The molecule has 0 aromatic heterocycles. The van der Waals surface area contributed by atoms with Gasteiger partial charge in [0.25, 0.3) is 5.91 Å². The highest BCUT2D eigenvalue weighted by Gasteiger charge is 2.35. The molecule has 0 radical (unpaired) electrons. The fourth-order valence-corrected chi connectivity index (χ4v) is 5.39. The van der Waals surface area contributed by atoms with Crippen LogP contribution in [-0.4, -0.2) is 94.7 Å². The van der Waals surface area contributed by atoms with Gasteiger partial charge in [-0.05, 0) is 70.0 Å². The fourth-order valence-electron chi connectivity index (χ4n) is 5.39. The second-order valence-corrected chi connectivity index (χ2v) is 12.6. The summed E-state index contributed by atoms with van der Waals surface area (Å²) in [6.45, 7) is 5.64.